The molecule has 0 fully saturated rings. The van der Waals surface area contributed by atoms with E-state index in [9.17, 15) is 4.39 Å². The summed E-state index contributed by atoms with van der Waals surface area (Å²) in [6.45, 7) is 4.74. The third-order valence-corrected chi connectivity index (χ3v) is 2.97. The standard InChI is InChI=1S/C14H18FN3O/c1-3-19-13-5-4-10(8-12(13)15)14-11(6-7-16)9(2)17-18-14/h4-5,8H,3,6-7,16H2,1-2H3,(H,17,18). The molecule has 0 aliphatic carbocycles. The van der Waals surface area contributed by atoms with Crippen LogP contribution in [0, 0.1) is 12.7 Å². The van der Waals surface area contributed by atoms with E-state index in [0.717, 1.165) is 22.5 Å². The van der Waals surface area contributed by atoms with Crippen LogP contribution in [-0.2, 0) is 6.42 Å². The van der Waals surface area contributed by atoms with E-state index in [1.165, 1.54) is 6.07 Å². The van der Waals surface area contributed by atoms with Gasteiger partial charge in [0.25, 0.3) is 0 Å². The molecular formula is C14H18FN3O. The minimum absolute atomic E-state index is 0.263. The van der Waals surface area contributed by atoms with Gasteiger partial charge in [-0.05, 0) is 45.0 Å². The third-order valence-electron chi connectivity index (χ3n) is 2.97. The van der Waals surface area contributed by atoms with Gasteiger partial charge >= 0.3 is 0 Å². The van der Waals surface area contributed by atoms with E-state index in [1.807, 2.05) is 19.9 Å². The van der Waals surface area contributed by atoms with E-state index in [-0.39, 0.29) is 11.6 Å². The number of halogens is 1. The van der Waals surface area contributed by atoms with Crippen LogP contribution in [0.3, 0.4) is 0 Å². The summed E-state index contributed by atoms with van der Waals surface area (Å²) in [5.74, 6) is -0.113. The lowest BCUT2D eigenvalue weighted by Crippen LogP contribution is -2.04. The molecule has 19 heavy (non-hydrogen) atoms. The number of hydrogen-bond donors (Lipinski definition) is 2. The van der Waals surface area contributed by atoms with Gasteiger partial charge in [-0.1, -0.05) is 0 Å². The molecule has 0 aliphatic rings. The van der Waals surface area contributed by atoms with Gasteiger partial charge in [0.15, 0.2) is 11.6 Å². The molecule has 5 heteroatoms. The van der Waals surface area contributed by atoms with E-state index in [2.05, 4.69) is 10.2 Å². The first-order valence-corrected chi connectivity index (χ1v) is 6.34. The molecule has 102 valence electrons. The fourth-order valence-electron chi connectivity index (χ4n) is 2.06. The largest absolute Gasteiger partial charge is 0.491 e. The Bertz CT molecular complexity index is 566. The zero-order valence-electron chi connectivity index (χ0n) is 11.2. The van der Waals surface area contributed by atoms with E-state index in [4.69, 9.17) is 10.5 Å². The zero-order chi connectivity index (χ0) is 13.8. The Hall–Kier alpha value is -1.88. The Morgan fingerprint density at radius 3 is 2.84 bits per heavy atom. The number of hydrogen-bond acceptors (Lipinski definition) is 3. The Morgan fingerprint density at radius 2 is 2.21 bits per heavy atom. The first-order chi connectivity index (χ1) is 9.17. The quantitative estimate of drug-likeness (QED) is 0.870. The summed E-state index contributed by atoms with van der Waals surface area (Å²) in [4.78, 5) is 0. The number of aromatic amines is 1. The highest BCUT2D eigenvalue weighted by Crippen LogP contribution is 2.28. The van der Waals surface area contributed by atoms with Crippen molar-refractivity contribution in [2.24, 2.45) is 5.73 Å². The number of nitrogens with zero attached hydrogens (tertiary/aromatic N) is 1. The molecule has 2 rings (SSSR count). The maximum Gasteiger partial charge on any atom is 0.165 e. The topological polar surface area (TPSA) is 63.9 Å². The monoisotopic (exact) mass is 263 g/mol. The molecule has 2 aromatic rings. The summed E-state index contributed by atoms with van der Waals surface area (Å²) >= 11 is 0. The van der Waals surface area contributed by atoms with Gasteiger partial charge in [0.05, 0.1) is 12.3 Å². The summed E-state index contributed by atoms with van der Waals surface area (Å²) in [6.07, 6.45) is 0.715. The number of nitrogens with one attached hydrogen (secondary N) is 1. The smallest absolute Gasteiger partial charge is 0.165 e. The first kappa shape index (κ1) is 13.5. The van der Waals surface area contributed by atoms with E-state index in [1.54, 1.807) is 6.07 Å². The van der Waals surface area contributed by atoms with Gasteiger partial charge in [-0.25, -0.2) is 4.39 Å². The van der Waals surface area contributed by atoms with Crippen LogP contribution in [0.1, 0.15) is 18.2 Å². The second-order valence-corrected chi connectivity index (χ2v) is 4.29. The highest BCUT2D eigenvalue weighted by molar-refractivity contribution is 5.65. The lowest BCUT2D eigenvalue weighted by molar-refractivity contribution is 0.321. The number of aryl methyl sites for hydroxylation is 1. The number of H-pyrrole nitrogens is 1. The molecule has 0 spiro atoms. The van der Waals surface area contributed by atoms with Gasteiger partial charge in [-0.3, -0.25) is 5.10 Å². The fourth-order valence-corrected chi connectivity index (χ4v) is 2.06. The van der Waals surface area contributed by atoms with Crippen molar-refractivity contribution < 1.29 is 9.13 Å². The normalized spacial score (nSPS) is 10.7. The molecule has 0 amide bonds. The molecule has 1 aromatic heterocycles. The van der Waals surface area contributed by atoms with Crippen molar-refractivity contribution in [2.75, 3.05) is 13.2 Å². The minimum Gasteiger partial charge on any atom is -0.491 e. The van der Waals surface area contributed by atoms with Gasteiger partial charge in [0.2, 0.25) is 0 Å². The molecule has 0 unspecified atom stereocenters. The van der Waals surface area contributed by atoms with Crippen molar-refractivity contribution in [1.82, 2.24) is 10.2 Å². The fraction of sp³-hybridized carbons (Fsp3) is 0.357. The number of benzene rings is 1. The lowest BCUT2D eigenvalue weighted by Gasteiger charge is -2.07. The van der Waals surface area contributed by atoms with Crippen molar-refractivity contribution >= 4 is 0 Å². The van der Waals surface area contributed by atoms with Crippen LogP contribution >= 0.6 is 0 Å². The summed E-state index contributed by atoms with van der Waals surface area (Å²) in [7, 11) is 0. The van der Waals surface area contributed by atoms with Crippen molar-refractivity contribution in [3.05, 3.63) is 35.3 Å². The average molecular weight is 263 g/mol. The molecule has 1 heterocycles. The van der Waals surface area contributed by atoms with Gasteiger partial charge in [0, 0.05) is 16.8 Å². The van der Waals surface area contributed by atoms with Crippen LogP contribution in [0.15, 0.2) is 18.2 Å². The van der Waals surface area contributed by atoms with Gasteiger partial charge in [0.1, 0.15) is 0 Å². The highest BCUT2D eigenvalue weighted by atomic mass is 19.1. The van der Waals surface area contributed by atoms with Crippen molar-refractivity contribution in [3.63, 3.8) is 0 Å². The predicted octanol–water partition coefficient (Wildman–Crippen LogP) is 2.42. The number of rotatable bonds is 5. The molecular weight excluding hydrogens is 245 g/mol. The summed E-state index contributed by atoms with van der Waals surface area (Å²) in [6, 6.07) is 4.88. The third kappa shape index (κ3) is 2.76. The molecule has 0 aliphatic heterocycles. The van der Waals surface area contributed by atoms with Crippen molar-refractivity contribution in [3.8, 4) is 17.0 Å². The average Bonchev–Trinajstić information content (AvgIpc) is 2.75. The summed E-state index contributed by atoms with van der Waals surface area (Å²) in [5.41, 5.74) is 9.08. The predicted molar refractivity (Wildman–Crippen MR) is 72.6 cm³/mol. The van der Waals surface area contributed by atoms with Crippen molar-refractivity contribution in [2.45, 2.75) is 20.3 Å². The van der Waals surface area contributed by atoms with Crippen LogP contribution in [0.5, 0.6) is 5.75 Å². The molecule has 0 saturated heterocycles. The first-order valence-electron chi connectivity index (χ1n) is 6.34. The summed E-state index contributed by atoms with van der Waals surface area (Å²) in [5, 5.41) is 7.15. The van der Waals surface area contributed by atoms with Gasteiger partial charge in [-0.15, -0.1) is 0 Å². The van der Waals surface area contributed by atoms with Crippen LogP contribution < -0.4 is 10.5 Å². The molecule has 0 atom stereocenters. The van der Waals surface area contributed by atoms with Crippen LogP contribution in [0.4, 0.5) is 4.39 Å². The Morgan fingerprint density at radius 1 is 1.42 bits per heavy atom. The van der Waals surface area contributed by atoms with E-state index < -0.39 is 0 Å². The van der Waals surface area contributed by atoms with Crippen LogP contribution in [0.2, 0.25) is 0 Å². The molecule has 0 bridgehead atoms. The second kappa shape index (κ2) is 5.84. The molecule has 0 saturated carbocycles. The van der Waals surface area contributed by atoms with E-state index in [0.29, 0.717) is 19.6 Å². The Balaban J connectivity index is 2.39. The summed E-state index contributed by atoms with van der Waals surface area (Å²) < 4.78 is 19.0. The number of nitrogens with two attached hydrogens (primary N) is 1. The Kier molecular flexibility index (Phi) is 4.16. The number of ether oxygens (including phenoxy) is 1. The van der Waals surface area contributed by atoms with E-state index >= 15 is 0 Å². The van der Waals surface area contributed by atoms with Gasteiger partial charge < -0.3 is 10.5 Å². The van der Waals surface area contributed by atoms with Crippen LogP contribution in [0.25, 0.3) is 11.3 Å². The SMILES string of the molecule is CCOc1ccc(-c2n[nH]c(C)c2CCN)cc1F. The van der Waals surface area contributed by atoms with Gasteiger partial charge in [-0.2, -0.15) is 5.10 Å². The lowest BCUT2D eigenvalue weighted by atomic mass is 10.0. The molecule has 1 aromatic carbocycles. The highest BCUT2D eigenvalue weighted by Gasteiger charge is 2.13. The Labute approximate surface area is 111 Å². The molecule has 4 nitrogen and oxygen atoms in total. The van der Waals surface area contributed by atoms with Crippen molar-refractivity contribution in [1.29, 1.82) is 0 Å². The molecule has 0 radical (unpaired) electrons. The maximum absolute atomic E-state index is 13.9. The zero-order valence-corrected chi connectivity index (χ0v) is 11.2. The number of aromatic nitrogens is 2. The second-order valence-electron chi connectivity index (χ2n) is 4.29. The van der Waals surface area contributed by atoms with Crippen LogP contribution in [-0.4, -0.2) is 23.3 Å². The maximum atomic E-state index is 13.9. The minimum atomic E-state index is -0.376. The molecule has 3 N–H and O–H groups in total.